The highest BCUT2D eigenvalue weighted by Crippen LogP contribution is 2.38. The normalized spacial score (nSPS) is 12.9. The van der Waals surface area contributed by atoms with Gasteiger partial charge in [-0.1, -0.05) is 29.8 Å². The third-order valence-corrected chi connectivity index (χ3v) is 5.35. The molecule has 162 valence electrons. The number of aromatic nitrogens is 2. The lowest BCUT2D eigenvalue weighted by Crippen LogP contribution is -2.13. The Labute approximate surface area is 189 Å². The van der Waals surface area contributed by atoms with Crippen molar-refractivity contribution < 1.29 is 18.7 Å². The van der Waals surface area contributed by atoms with Crippen molar-refractivity contribution in [2.75, 3.05) is 18.5 Å². The van der Waals surface area contributed by atoms with Gasteiger partial charge in [-0.3, -0.25) is 4.79 Å². The molecule has 0 unspecified atom stereocenters. The first-order valence-electron chi connectivity index (χ1n) is 10.2. The van der Waals surface area contributed by atoms with Crippen molar-refractivity contribution in [2.24, 2.45) is 0 Å². The van der Waals surface area contributed by atoms with Gasteiger partial charge in [-0.2, -0.15) is 5.10 Å². The number of ether oxygens (including phenoxy) is 2. The van der Waals surface area contributed by atoms with Crippen LogP contribution in [0, 0.1) is 6.92 Å². The van der Waals surface area contributed by atoms with Crippen LogP contribution in [-0.2, 0) is 0 Å². The number of amides is 1. The van der Waals surface area contributed by atoms with Crippen LogP contribution in [0.25, 0.3) is 17.1 Å². The molecule has 0 saturated heterocycles. The highest BCUT2D eigenvalue weighted by atomic mass is 35.5. The smallest absolute Gasteiger partial charge is 0.259 e. The van der Waals surface area contributed by atoms with Crippen molar-refractivity contribution in [3.8, 4) is 28.6 Å². The molecule has 1 N–H and O–H groups in total. The number of nitrogens with one attached hydrogen (secondary N) is 1. The molecule has 0 radical (unpaired) electrons. The average Bonchev–Trinajstić information content (AvgIpc) is 3.36. The molecule has 0 spiro atoms. The van der Waals surface area contributed by atoms with Gasteiger partial charge in [0.05, 0.1) is 35.2 Å². The van der Waals surface area contributed by atoms with E-state index in [0.717, 1.165) is 17.9 Å². The van der Waals surface area contributed by atoms with Gasteiger partial charge < -0.3 is 19.2 Å². The van der Waals surface area contributed by atoms with Gasteiger partial charge in [-0.25, -0.2) is 4.68 Å². The van der Waals surface area contributed by atoms with Crippen molar-refractivity contribution in [3.63, 3.8) is 0 Å². The topological polar surface area (TPSA) is 78.5 Å². The number of carbonyl (C=O) groups is 1. The summed E-state index contributed by atoms with van der Waals surface area (Å²) in [7, 11) is 0. The summed E-state index contributed by atoms with van der Waals surface area (Å²) >= 11 is 6.42. The maximum atomic E-state index is 13.3. The Morgan fingerprint density at radius 3 is 2.53 bits per heavy atom. The van der Waals surface area contributed by atoms with E-state index < -0.39 is 0 Å². The molecule has 3 heterocycles. The van der Waals surface area contributed by atoms with Crippen LogP contribution >= 0.6 is 11.6 Å². The summed E-state index contributed by atoms with van der Waals surface area (Å²) in [6.45, 7) is 2.93. The van der Waals surface area contributed by atoms with E-state index in [1.807, 2.05) is 43.3 Å². The quantitative estimate of drug-likeness (QED) is 0.444. The van der Waals surface area contributed by atoms with Gasteiger partial charge in [0.1, 0.15) is 11.5 Å². The zero-order chi connectivity index (χ0) is 22.1. The molecule has 1 aliphatic heterocycles. The highest BCUT2D eigenvalue weighted by molar-refractivity contribution is 6.34. The zero-order valence-corrected chi connectivity index (χ0v) is 18.1. The lowest BCUT2D eigenvalue weighted by molar-refractivity contribution is 0.102. The van der Waals surface area contributed by atoms with Gasteiger partial charge in [0.25, 0.3) is 5.91 Å². The minimum atomic E-state index is -0.368. The Balaban J connectivity index is 1.52. The fourth-order valence-electron chi connectivity index (χ4n) is 3.47. The number of nitrogens with zero attached hydrogens (tertiary/aromatic N) is 2. The van der Waals surface area contributed by atoms with Crippen LogP contribution in [0.3, 0.4) is 0 Å². The van der Waals surface area contributed by atoms with E-state index in [1.165, 1.54) is 0 Å². The second-order valence-electron chi connectivity index (χ2n) is 7.37. The molecule has 0 aliphatic carbocycles. The SMILES string of the molecule is Cc1ccc(-c2nn(-c3ccccc3)cc2C(=O)Nc2cc3c(cc2Cl)OCCCO3)o1. The molecule has 2 aromatic heterocycles. The Morgan fingerprint density at radius 2 is 1.81 bits per heavy atom. The number of rotatable bonds is 4. The summed E-state index contributed by atoms with van der Waals surface area (Å²) in [4.78, 5) is 13.3. The Morgan fingerprint density at radius 1 is 1.06 bits per heavy atom. The maximum absolute atomic E-state index is 13.3. The van der Waals surface area contributed by atoms with E-state index in [9.17, 15) is 4.79 Å². The third-order valence-electron chi connectivity index (χ3n) is 5.04. The summed E-state index contributed by atoms with van der Waals surface area (Å²) in [5.41, 5.74) is 2.04. The zero-order valence-electron chi connectivity index (χ0n) is 17.3. The minimum Gasteiger partial charge on any atom is -0.490 e. The van der Waals surface area contributed by atoms with E-state index >= 15 is 0 Å². The summed E-state index contributed by atoms with van der Waals surface area (Å²) in [5, 5.41) is 7.85. The van der Waals surface area contributed by atoms with Crippen LogP contribution in [0.5, 0.6) is 11.5 Å². The molecule has 32 heavy (non-hydrogen) atoms. The van der Waals surface area contributed by atoms with E-state index in [-0.39, 0.29) is 5.91 Å². The lowest BCUT2D eigenvalue weighted by atomic mass is 10.2. The standard InChI is InChI=1S/C24H20ClN3O4/c1-15-8-9-20(32-15)23-17(14-28(27-23)16-6-3-2-4-7-16)24(29)26-19-13-22-21(12-18(19)25)30-10-5-11-31-22/h2-4,6-9,12-14H,5,10-11H2,1H3,(H,26,29). The summed E-state index contributed by atoms with van der Waals surface area (Å²) in [6, 6.07) is 16.5. The molecule has 1 amide bonds. The van der Waals surface area contributed by atoms with Crippen molar-refractivity contribution in [1.82, 2.24) is 9.78 Å². The van der Waals surface area contributed by atoms with Crippen LogP contribution in [0.1, 0.15) is 22.5 Å². The summed E-state index contributed by atoms with van der Waals surface area (Å²) < 4.78 is 18.8. The first-order valence-corrected chi connectivity index (χ1v) is 10.6. The molecular formula is C24H20ClN3O4. The fraction of sp³-hybridized carbons (Fsp3) is 0.167. The number of para-hydroxylation sites is 1. The second kappa shape index (κ2) is 8.43. The number of furan rings is 1. The largest absolute Gasteiger partial charge is 0.490 e. The van der Waals surface area contributed by atoms with Crippen molar-refractivity contribution in [3.05, 3.63) is 77.1 Å². The highest BCUT2D eigenvalue weighted by Gasteiger charge is 2.23. The Hall–Kier alpha value is -3.71. The van der Waals surface area contributed by atoms with Crippen LogP contribution in [0.2, 0.25) is 5.02 Å². The van der Waals surface area contributed by atoms with Gasteiger partial charge in [0.2, 0.25) is 0 Å². The number of hydrogen-bond acceptors (Lipinski definition) is 5. The third kappa shape index (κ3) is 3.94. The lowest BCUT2D eigenvalue weighted by Gasteiger charge is -2.12. The molecule has 5 rings (SSSR count). The number of halogens is 1. The predicted octanol–water partition coefficient (Wildman–Crippen LogP) is 5.51. The van der Waals surface area contributed by atoms with Crippen LogP contribution in [-0.4, -0.2) is 28.9 Å². The monoisotopic (exact) mass is 449 g/mol. The number of aryl methyl sites for hydroxylation is 1. The predicted molar refractivity (Wildman–Crippen MR) is 121 cm³/mol. The molecule has 7 nitrogen and oxygen atoms in total. The molecule has 1 aliphatic rings. The van der Waals surface area contributed by atoms with Gasteiger partial charge >= 0.3 is 0 Å². The Kier molecular flexibility index (Phi) is 5.33. The molecular weight excluding hydrogens is 430 g/mol. The van der Waals surface area contributed by atoms with Crippen LogP contribution in [0.15, 0.2) is 65.2 Å². The minimum absolute atomic E-state index is 0.353. The summed E-state index contributed by atoms with van der Waals surface area (Å²) in [5.74, 6) is 1.98. The fourth-order valence-corrected chi connectivity index (χ4v) is 3.67. The molecule has 0 bridgehead atoms. The Bertz CT molecular complexity index is 1280. The number of hydrogen-bond donors (Lipinski definition) is 1. The van der Waals surface area contributed by atoms with E-state index in [0.29, 0.717) is 52.4 Å². The van der Waals surface area contributed by atoms with E-state index in [2.05, 4.69) is 10.4 Å². The molecule has 8 heteroatoms. The second-order valence-corrected chi connectivity index (χ2v) is 7.77. The van der Waals surface area contributed by atoms with Crippen LogP contribution in [0.4, 0.5) is 5.69 Å². The molecule has 0 saturated carbocycles. The number of benzene rings is 2. The first kappa shape index (κ1) is 20.2. The van der Waals surface area contributed by atoms with Gasteiger partial charge in [-0.15, -0.1) is 0 Å². The average molecular weight is 450 g/mol. The van der Waals surface area contributed by atoms with Crippen molar-refractivity contribution in [2.45, 2.75) is 13.3 Å². The van der Waals surface area contributed by atoms with E-state index in [1.54, 1.807) is 29.1 Å². The van der Waals surface area contributed by atoms with Crippen LogP contribution < -0.4 is 14.8 Å². The molecule has 2 aromatic carbocycles. The van der Waals surface area contributed by atoms with Crippen molar-refractivity contribution in [1.29, 1.82) is 0 Å². The number of fused-ring (bicyclic) bond motifs is 1. The molecule has 0 fully saturated rings. The van der Waals surface area contributed by atoms with Gasteiger partial charge in [-0.05, 0) is 31.2 Å². The van der Waals surface area contributed by atoms with Gasteiger partial charge in [0.15, 0.2) is 17.3 Å². The maximum Gasteiger partial charge on any atom is 0.259 e. The summed E-state index contributed by atoms with van der Waals surface area (Å²) in [6.07, 6.45) is 2.45. The first-order chi connectivity index (χ1) is 15.6. The number of carbonyl (C=O) groups excluding carboxylic acids is 1. The van der Waals surface area contributed by atoms with Gasteiger partial charge in [0, 0.05) is 24.8 Å². The molecule has 4 aromatic rings. The van der Waals surface area contributed by atoms with E-state index in [4.69, 9.17) is 25.5 Å². The van der Waals surface area contributed by atoms with Crippen molar-refractivity contribution >= 4 is 23.2 Å². The number of anilines is 1. The molecule has 0 atom stereocenters.